The van der Waals surface area contributed by atoms with E-state index in [0.29, 0.717) is 5.02 Å². The van der Waals surface area contributed by atoms with Crippen molar-refractivity contribution in [2.24, 2.45) is 0 Å². The van der Waals surface area contributed by atoms with Gasteiger partial charge in [-0.15, -0.1) is 0 Å². The van der Waals surface area contributed by atoms with Crippen LogP contribution in [-0.4, -0.2) is 24.0 Å². The van der Waals surface area contributed by atoms with Crippen molar-refractivity contribution in [2.75, 3.05) is 22.6 Å². The predicted molar refractivity (Wildman–Crippen MR) is 70.5 cm³/mol. The minimum Gasteiger partial charge on any atom is -0.372 e. The third-order valence-electron chi connectivity index (χ3n) is 2.50. The number of rotatable bonds is 3. The maximum Gasteiger partial charge on any atom is 0.246 e. The largest absolute Gasteiger partial charge is 0.372 e. The number of thioether (sulfide) groups is 1. The van der Waals surface area contributed by atoms with Crippen LogP contribution in [0.2, 0.25) is 5.02 Å². The molecule has 0 saturated heterocycles. The molecule has 1 amide bonds. The number of carbonyl (C=O) groups is 1. The fourth-order valence-electron chi connectivity index (χ4n) is 1.66. The minimum atomic E-state index is -0.154. The quantitative estimate of drug-likeness (QED) is 0.874. The first kappa shape index (κ1) is 11.6. The molecule has 0 saturated carbocycles. The van der Waals surface area contributed by atoms with Crippen LogP contribution in [0.1, 0.15) is 6.42 Å². The molecule has 16 heavy (non-hydrogen) atoms. The number of nitrogens with one attached hydrogen (secondary N) is 2. The van der Waals surface area contributed by atoms with Crippen LogP contribution in [0, 0.1) is 0 Å². The number of fused-ring (bicyclic) bond motifs is 1. The Labute approximate surface area is 104 Å². The maximum absolute atomic E-state index is 11.7. The Morgan fingerprint density at radius 3 is 3.00 bits per heavy atom. The summed E-state index contributed by atoms with van der Waals surface area (Å²) >= 11 is 7.64. The summed E-state index contributed by atoms with van der Waals surface area (Å²) in [6, 6.07) is 5.26. The van der Waals surface area contributed by atoms with E-state index >= 15 is 0 Å². The summed E-state index contributed by atoms with van der Waals surface area (Å²) in [6.07, 6.45) is 2.85. The topological polar surface area (TPSA) is 41.1 Å². The van der Waals surface area contributed by atoms with Crippen molar-refractivity contribution in [1.82, 2.24) is 0 Å². The van der Waals surface area contributed by atoms with Gasteiger partial charge in [-0.05, 0) is 36.6 Å². The molecule has 0 aliphatic carbocycles. The second-order valence-electron chi connectivity index (χ2n) is 3.66. The normalized spacial score (nSPS) is 18.6. The highest BCUT2D eigenvalue weighted by Gasteiger charge is 2.24. The van der Waals surface area contributed by atoms with E-state index in [4.69, 9.17) is 11.6 Å². The molecule has 1 heterocycles. The van der Waals surface area contributed by atoms with Crippen LogP contribution in [0.3, 0.4) is 0 Å². The predicted octanol–water partition coefficient (Wildman–Crippen LogP) is 2.83. The second-order valence-corrected chi connectivity index (χ2v) is 5.08. The van der Waals surface area contributed by atoms with Crippen molar-refractivity contribution in [1.29, 1.82) is 0 Å². The zero-order chi connectivity index (χ0) is 11.5. The molecule has 86 valence electrons. The van der Waals surface area contributed by atoms with Gasteiger partial charge in [0, 0.05) is 5.02 Å². The lowest BCUT2D eigenvalue weighted by molar-refractivity contribution is -0.117. The number of hydrogen-bond donors (Lipinski definition) is 2. The van der Waals surface area contributed by atoms with E-state index in [1.54, 1.807) is 17.8 Å². The Balaban J connectivity index is 2.16. The average Bonchev–Trinajstić information content (AvgIpc) is 2.27. The second kappa shape index (κ2) is 4.97. The average molecular weight is 257 g/mol. The molecule has 2 N–H and O–H groups in total. The summed E-state index contributed by atoms with van der Waals surface area (Å²) in [5.41, 5.74) is 1.70. The molecule has 1 aliphatic rings. The van der Waals surface area contributed by atoms with Crippen LogP contribution >= 0.6 is 23.4 Å². The SMILES string of the molecule is CSCCC1Nc2cc(Cl)ccc2NC1=O. The smallest absolute Gasteiger partial charge is 0.246 e. The summed E-state index contributed by atoms with van der Waals surface area (Å²) in [4.78, 5) is 11.7. The van der Waals surface area contributed by atoms with Gasteiger partial charge in [0.1, 0.15) is 6.04 Å². The van der Waals surface area contributed by atoms with Crippen LogP contribution < -0.4 is 10.6 Å². The van der Waals surface area contributed by atoms with Gasteiger partial charge in [0.25, 0.3) is 0 Å². The van der Waals surface area contributed by atoms with Gasteiger partial charge in [-0.25, -0.2) is 0 Å². The van der Waals surface area contributed by atoms with Crippen LogP contribution in [0.4, 0.5) is 11.4 Å². The highest BCUT2D eigenvalue weighted by molar-refractivity contribution is 7.98. The molecule has 1 aromatic rings. The summed E-state index contributed by atoms with van der Waals surface area (Å²) in [7, 11) is 0. The summed E-state index contributed by atoms with van der Waals surface area (Å²) < 4.78 is 0. The number of benzene rings is 1. The fraction of sp³-hybridized carbons (Fsp3) is 0.364. The fourth-order valence-corrected chi connectivity index (χ4v) is 2.30. The number of halogens is 1. The third-order valence-corrected chi connectivity index (χ3v) is 3.38. The lowest BCUT2D eigenvalue weighted by Crippen LogP contribution is -2.39. The first-order chi connectivity index (χ1) is 7.70. The Kier molecular flexibility index (Phi) is 3.61. The van der Waals surface area contributed by atoms with Crippen molar-refractivity contribution >= 4 is 40.6 Å². The summed E-state index contributed by atoms with van der Waals surface area (Å²) in [6.45, 7) is 0. The molecule has 0 bridgehead atoms. The Morgan fingerprint density at radius 2 is 2.25 bits per heavy atom. The van der Waals surface area contributed by atoms with E-state index in [2.05, 4.69) is 10.6 Å². The molecule has 1 atom stereocenters. The van der Waals surface area contributed by atoms with E-state index in [1.807, 2.05) is 18.4 Å². The van der Waals surface area contributed by atoms with Gasteiger partial charge < -0.3 is 10.6 Å². The van der Waals surface area contributed by atoms with Crippen LogP contribution in [0.5, 0.6) is 0 Å². The lowest BCUT2D eigenvalue weighted by Gasteiger charge is -2.26. The lowest BCUT2D eigenvalue weighted by atomic mass is 10.1. The highest BCUT2D eigenvalue weighted by atomic mass is 35.5. The molecular weight excluding hydrogens is 244 g/mol. The molecule has 2 rings (SSSR count). The van der Waals surface area contributed by atoms with Crippen LogP contribution in [0.25, 0.3) is 0 Å². The molecule has 1 aliphatic heterocycles. The third kappa shape index (κ3) is 2.44. The van der Waals surface area contributed by atoms with Gasteiger partial charge in [-0.3, -0.25) is 4.79 Å². The molecular formula is C11H13ClN2OS. The molecule has 0 fully saturated rings. The first-order valence-electron chi connectivity index (χ1n) is 5.06. The molecule has 0 aromatic heterocycles. The standard InChI is InChI=1S/C11H13ClN2OS/c1-16-5-4-9-11(15)14-8-3-2-7(12)6-10(8)13-9/h2-3,6,9,13H,4-5H2,1H3,(H,14,15). The van der Waals surface area contributed by atoms with Crippen molar-refractivity contribution < 1.29 is 4.79 Å². The highest BCUT2D eigenvalue weighted by Crippen LogP contribution is 2.30. The van der Waals surface area contributed by atoms with E-state index in [0.717, 1.165) is 23.5 Å². The van der Waals surface area contributed by atoms with Crippen molar-refractivity contribution in [3.8, 4) is 0 Å². The van der Waals surface area contributed by atoms with Crippen molar-refractivity contribution in [2.45, 2.75) is 12.5 Å². The van der Waals surface area contributed by atoms with E-state index in [1.165, 1.54) is 0 Å². The number of amides is 1. The number of hydrogen-bond acceptors (Lipinski definition) is 3. The van der Waals surface area contributed by atoms with Crippen molar-refractivity contribution in [3.05, 3.63) is 23.2 Å². The van der Waals surface area contributed by atoms with Gasteiger partial charge in [0.05, 0.1) is 11.4 Å². The molecule has 1 aromatic carbocycles. The minimum absolute atomic E-state index is 0.0314. The Bertz CT molecular complexity index is 411. The Morgan fingerprint density at radius 1 is 1.44 bits per heavy atom. The molecule has 0 radical (unpaired) electrons. The molecule has 3 nitrogen and oxygen atoms in total. The van der Waals surface area contributed by atoms with Gasteiger partial charge in [0.15, 0.2) is 0 Å². The van der Waals surface area contributed by atoms with Gasteiger partial charge in [-0.1, -0.05) is 11.6 Å². The molecule has 1 unspecified atom stereocenters. The Hall–Kier alpha value is -0.870. The summed E-state index contributed by atoms with van der Waals surface area (Å²) in [5.74, 6) is 0.991. The summed E-state index contributed by atoms with van der Waals surface area (Å²) in [5, 5.41) is 6.76. The van der Waals surface area contributed by atoms with Gasteiger partial charge in [-0.2, -0.15) is 11.8 Å². The van der Waals surface area contributed by atoms with Crippen LogP contribution in [0.15, 0.2) is 18.2 Å². The number of carbonyl (C=O) groups excluding carboxylic acids is 1. The van der Waals surface area contributed by atoms with Crippen molar-refractivity contribution in [3.63, 3.8) is 0 Å². The van der Waals surface area contributed by atoms with E-state index < -0.39 is 0 Å². The monoisotopic (exact) mass is 256 g/mol. The molecule has 0 spiro atoms. The number of anilines is 2. The molecule has 5 heteroatoms. The van der Waals surface area contributed by atoms with Gasteiger partial charge in [0.2, 0.25) is 5.91 Å². The zero-order valence-corrected chi connectivity index (χ0v) is 10.5. The van der Waals surface area contributed by atoms with Gasteiger partial charge >= 0.3 is 0 Å². The maximum atomic E-state index is 11.7. The van der Waals surface area contributed by atoms with E-state index in [-0.39, 0.29) is 11.9 Å². The van der Waals surface area contributed by atoms with E-state index in [9.17, 15) is 4.79 Å². The zero-order valence-electron chi connectivity index (χ0n) is 8.92. The first-order valence-corrected chi connectivity index (χ1v) is 6.84. The van der Waals surface area contributed by atoms with Crippen LogP contribution in [-0.2, 0) is 4.79 Å².